The first-order valence-electron chi connectivity index (χ1n) is 11.6. The Hall–Kier alpha value is -2.54. The van der Waals surface area contributed by atoms with E-state index >= 15 is 0 Å². The van der Waals surface area contributed by atoms with E-state index in [0.29, 0.717) is 38.6 Å². The van der Waals surface area contributed by atoms with Gasteiger partial charge in [0.15, 0.2) is 0 Å². The number of nitrogens with one attached hydrogen (secondary N) is 1. The number of fused-ring (bicyclic) bond motifs is 1. The lowest BCUT2D eigenvalue weighted by Gasteiger charge is -2.29. The summed E-state index contributed by atoms with van der Waals surface area (Å²) in [7, 11) is -3.61. The molecule has 1 aliphatic rings. The molecule has 1 aliphatic carbocycles. The van der Waals surface area contributed by atoms with Crippen LogP contribution in [0, 0.1) is 0 Å². The maximum Gasteiger partial charge on any atom is 0.423 e. The van der Waals surface area contributed by atoms with Crippen LogP contribution < -0.4 is 4.72 Å². The van der Waals surface area contributed by atoms with E-state index in [1.807, 2.05) is 12.1 Å². The van der Waals surface area contributed by atoms with Gasteiger partial charge in [0.25, 0.3) is 0 Å². The Morgan fingerprint density at radius 3 is 2.50 bits per heavy atom. The largest absolute Gasteiger partial charge is 0.423 e. The average molecular weight is 583 g/mol. The van der Waals surface area contributed by atoms with Gasteiger partial charge in [0.2, 0.25) is 15.6 Å². The predicted octanol–water partition coefficient (Wildman–Crippen LogP) is 5.53. The van der Waals surface area contributed by atoms with E-state index in [-0.39, 0.29) is 5.69 Å². The van der Waals surface area contributed by atoms with Gasteiger partial charge in [0.1, 0.15) is 0 Å². The fourth-order valence-corrected chi connectivity index (χ4v) is 7.33. The van der Waals surface area contributed by atoms with Crippen LogP contribution in [0.15, 0.2) is 66.9 Å². The molecule has 1 fully saturated rings. The van der Waals surface area contributed by atoms with Crippen molar-refractivity contribution < 1.29 is 31.8 Å². The summed E-state index contributed by atoms with van der Waals surface area (Å²) in [4.78, 5) is 4.86. The van der Waals surface area contributed by atoms with Crippen LogP contribution in [-0.4, -0.2) is 41.6 Å². The van der Waals surface area contributed by atoms with E-state index in [4.69, 9.17) is 11.6 Å². The molecule has 0 spiro atoms. The molecule has 38 heavy (non-hydrogen) atoms. The first kappa shape index (κ1) is 27.0. The summed E-state index contributed by atoms with van der Waals surface area (Å²) in [6.45, 7) is -1.55. The molecule has 4 aromatic rings. The van der Waals surface area contributed by atoms with Crippen molar-refractivity contribution in [3.8, 4) is 11.3 Å². The molecule has 12 heteroatoms. The number of aromatic nitrogens is 1. The Bertz CT molecular complexity index is 1610. The maximum atomic E-state index is 13.6. The Labute approximate surface area is 225 Å². The number of alkyl halides is 3. The predicted molar refractivity (Wildman–Crippen MR) is 140 cm³/mol. The lowest BCUT2D eigenvalue weighted by Crippen LogP contribution is -2.45. The second-order valence-electron chi connectivity index (χ2n) is 9.14. The van der Waals surface area contributed by atoms with Gasteiger partial charge in [-0.25, -0.2) is 13.1 Å². The van der Waals surface area contributed by atoms with Gasteiger partial charge in [-0.1, -0.05) is 48.0 Å². The van der Waals surface area contributed by atoms with Gasteiger partial charge in [0, 0.05) is 26.4 Å². The summed E-state index contributed by atoms with van der Waals surface area (Å²) >= 11 is 7.72. The lowest BCUT2D eigenvalue weighted by molar-refractivity contribution is -0.277. The number of hydrogen-bond acceptors (Lipinski definition) is 6. The smallest absolute Gasteiger partial charge is 0.393 e. The number of benzene rings is 2. The topological polar surface area (TPSA) is 99.5 Å². The van der Waals surface area contributed by atoms with Crippen LogP contribution in [0.25, 0.3) is 21.3 Å². The fourth-order valence-electron chi connectivity index (χ4n) is 4.23. The molecule has 2 heterocycles. The maximum absolute atomic E-state index is 13.6. The number of halogens is 4. The minimum absolute atomic E-state index is 0.158. The Kier molecular flexibility index (Phi) is 7.04. The van der Waals surface area contributed by atoms with Crippen molar-refractivity contribution in [1.29, 1.82) is 0 Å². The molecule has 2 aromatic carbocycles. The van der Waals surface area contributed by atoms with Crippen LogP contribution in [0.1, 0.15) is 34.9 Å². The quantitative estimate of drug-likeness (QED) is 0.254. The molecule has 2 aromatic heterocycles. The van der Waals surface area contributed by atoms with Crippen LogP contribution in [0.5, 0.6) is 0 Å². The van der Waals surface area contributed by atoms with Crippen molar-refractivity contribution in [2.45, 2.75) is 35.9 Å². The fraction of sp³-hybridized carbons (Fsp3) is 0.269. The molecule has 5 rings (SSSR count). The number of thiophene rings is 1. The van der Waals surface area contributed by atoms with Crippen molar-refractivity contribution in [2.24, 2.45) is 0 Å². The molecule has 6 nitrogen and oxygen atoms in total. The first-order valence-corrected chi connectivity index (χ1v) is 14.3. The van der Waals surface area contributed by atoms with E-state index < -0.39 is 45.3 Å². The highest BCUT2D eigenvalue weighted by Crippen LogP contribution is 2.43. The number of aliphatic hydroxyl groups is 2. The molecule has 0 radical (unpaired) electrons. The highest BCUT2D eigenvalue weighted by molar-refractivity contribution is 7.90. The number of rotatable bonds is 8. The van der Waals surface area contributed by atoms with Gasteiger partial charge < -0.3 is 10.2 Å². The van der Waals surface area contributed by atoms with E-state index in [9.17, 15) is 31.8 Å². The third-order valence-corrected chi connectivity index (χ3v) is 10.0. The standard InChI is InChI=1S/C26H22ClF3N2O4S2/c27-20-7-2-1-5-18(20)23(32-38(35,36)17-8-9-17)22-12-15-4-3-6-19(24(15)37-22)21-13-16(10-11-31-21)25(34,14-33)26(28,29)30/h1-7,10-13,17,23,32-34H,8-9,14H2/t23?,25-/m0/s1. The van der Waals surface area contributed by atoms with E-state index in [2.05, 4.69) is 9.71 Å². The summed E-state index contributed by atoms with van der Waals surface area (Å²) in [6, 6.07) is 15.3. The minimum atomic E-state index is -5.11. The van der Waals surface area contributed by atoms with E-state index in [1.54, 1.807) is 36.4 Å². The van der Waals surface area contributed by atoms with E-state index in [1.165, 1.54) is 11.3 Å². The zero-order chi connectivity index (χ0) is 27.3. The molecular weight excluding hydrogens is 561 g/mol. The monoisotopic (exact) mass is 582 g/mol. The number of pyridine rings is 1. The second kappa shape index (κ2) is 9.89. The highest BCUT2D eigenvalue weighted by atomic mass is 35.5. The Morgan fingerprint density at radius 2 is 1.84 bits per heavy atom. The third-order valence-electron chi connectivity index (χ3n) is 6.52. The zero-order valence-corrected chi connectivity index (χ0v) is 22.0. The Morgan fingerprint density at radius 1 is 1.11 bits per heavy atom. The molecule has 0 aliphatic heterocycles. The van der Waals surface area contributed by atoms with Crippen LogP contribution in [0.4, 0.5) is 13.2 Å². The summed E-state index contributed by atoms with van der Waals surface area (Å²) in [5.74, 6) is 0. The van der Waals surface area contributed by atoms with Gasteiger partial charge in [-0.05, 0) is 53.6 Å². The van der Waals surface area contributed by atoms with Crippen LogP contribution >= 0.6 is 22.9 Å². The summed E-state index contributed by atoms with van der Waals surface area (Å²) in [6.07, 6.45) is -2.80. The second-order valence-corrected chi connectivity index (χ2v) is 12.6. The van der Waals surface area contributed by atoms with Gasteiger partial charge in [-0.15, -0.1) is 11.3 Å². The normalized spacial score (nSPS) is 16.9. The van der Waals surface area contributed by atoms with Crippen molar-refractivity contribution in [2.75, 3.05) is 6.61 Å². The molecule has 2 atom stereocenters. The van der Waals surface area contributed by atoms with Gasteiger partial charge >= 0.3 is 6.18 Å². The van der Waals surface area contributed by atoms with Crippen molar-refractivity contribution in [3.05, 3.63) is 87.9 Å². The van der Waals surface area contributed by atoms with Crippen LogP contribution in [-0.2, 0) is 15.6 Å². The van der Waals surface area contributed by atoms with Gasteiger partial charge in [0.05, 0.1) is 23.6 Å². The zero-order valence-electron chi connectivity index (χ0n) is 19.6. The molecule has 0 bridgehead atoms. The van der Waals surface area contributed by atoms with E-state index in [0.717, 1.165) is 23.7 Å². The number of hydrogen-bond donors (Lipinski definition) is 3. The summed E-state index contributed by atoms with van der Waals surface area (Å²) in [5.41, 5.74) is -2.77. The van der Waals surface area contributed by atoms with Crippen LogP contribution in [0.3, 0.4) is 0 Å². The van der Waals surface area contributed by atoms with Gasteiger partial charge in [-0.3, -0.25) is 4.98 Å². The minimum Gasteiger partial charge on any atom is -0.393 e. The Balaban J connectivity index is 1.62. The van der Waals surface area contributed by atoms with Crippen molar-refractivity contribution in [3.63, 3.8) is 0 Å². The SMILES string of the molecule is O=S(=O)(NC(c1cc2cccc(-c3cc([C@@](O)(CO)C(F)(F)F)ccn3)c2s1)c1ccccc1Cl)C1CC1. The third kappa shape index (κ3) is 4.94. The number of aliphatic hydroxyl groups excluding tert-OH is 1. The van der Waals surface area contributed by atoms with Crippen LogP contribution in [0.2, 0.25) is 5.02 Å². The summed E-state index contributed by atoms with van der Waals surface area (Å²) in [5, 5.41) is 20.3. The molecule has 200 valence electrons. The molecule has 0 amide bonds. The van der Waals surface area contributed by atoms with Gasteiger partial charge in [-0.2, -0.15) is 13.2 Å². The first-order chi connectivity index (χ1) is 17.9. The van der Waals surface area contributed by atoms with Crippen molar-refractivity contribution >= 4 is 43.0 Å². The molecule has 3 N–H and O–H groups in total. The average Bonchev–Trinajstić information content (AvgIpc) is 3.66. The summed E-state index contributed by atoms with van der Waals surface area (Å²) < 4.78 is 70.0. The molecule has 1 saturated carbocycles. The number of sulfonamides is 1. The number of nitrogens with zero attached hydrogens (tertiary/aromatic N) is 1. The molecule has 1 unspecified atom stereocenters. The highest BCUT2D eigenvalue weighted by Gasteiger charge is 2.55. The molecular formula is C26H22ClF3N2O4S2. The van der Waals surface area contributed by atoms with Crippen molar-refractivity contribution in [1.82, 2.24) is 9.71 Å². The lowest BCUT2D eigenvalue weighted by atomic mass is 9.93. The molecule has 0 saturated heterocycles.